The maximum atomic E-state index is 11.3. The Morgan fingerprint density at radius 1 is 1.38 bits per heavy atom. The number of aliphatic carboxylic acids is 1. The number of carbonyl (C=O) groups excluding carboxylic acids is 1. The van der Waals surface area contributed by atoms with Crippen molar-refractivity contribution in [2.45, 2.75) is 37.6 Å². The predicted octanol–water partition coefficient (Wildman–Crippen LogP) is -0.457. The summed E-state index contributed by atoms with van der Waals surface area (Å²) in [6.07, 6.45) is -0.262. The lowest BCUT2D eigenvalue weighted by Crippen LogP contribution is -2.33. The lowest BCUT2D eigenvalue weighted by molar-refractivity contribution is -0.157. The summed E-state index contributed by atoms with van der Waals surface area (Å²) in [5.74, 6) is -1.38. The number of hydrogen-bond acceptors (Lipinski definition) is 5. The van der Waals surface area contributed by atoms with E-state index in [1.807, 2.05) is 0 Å². The van der Waals surface area contributed by atoms with Crippen LogP contribution in [0.3, 0.4) is 0 Å². The molecule has 1 heterocycles. The molecule has 6 heteroatoms. The summed E-state index contributed by atoms with van der Waals surface area (Å²) in [6.45, 7) is -0.177. The molecule has 16 heavy (non-hydrogen) atoms. The first kappa shape index (κ1) is 11.3. The monoisotopic (exact) mass is 230 g/mol. The molecule has 0 bridgehead atoms. The average molecular weight is 230 g/mol. The zero-order chi connectivity index (χ0) is 11.7. The highest BCUT2D eigenvalue weighted by Gasteiger charge is 2.56. The fraction of sp³-hybridized carbons (Fsp3) is 0.800. The molecular weight excluding hydrogens is 216 g/mol. The number of hydrogen-bond donors (Lipinski definition) is 2. The third-order valence-electron chi connectivity index (χ3n) is 2.91. The van der Waals surface area contributed by atoms with Gasteiger partial charge in [0.1, 0.15) is 12.2 Å². The van der Waals surface area contributed by atoms with Crippen LogP contribution in [0.5, 0.6) is 0 Å². The molecule has 4 unspecified atom stereocenters. The van der Waals surface area contributed by atoms with Gasteiger partial charge in [-0.25, -0.2) is 0 Å². The van der Waals surface area contributed by atoms with Crippen molar-refractivity contribution in [1.82, 2.24) is 0 Å². The van der Waals surface area contributed by atoms with Crippen molar-refractivity contribution < 1.29 is 29.3 Å². The van der Waals surface area contributed by atoms with Gasteiger partial charge in [0, 0.05) is 5.92 Å². The molecule has 0 aromatic carbocycles. The van der Waals surface area contributed by atoms with Crippen LogP contribution >= 0.6 is 0 Å². The van der Waals surface area contributed by atoms with Crippen LogP contribution in [0.15, 0.2) is 0 Å². The van der Waals surface area contributed by atoms with E-state index in [0.717, 1.165) is 6.42 Å². The van der Waals surface area contributed by atoms with Gasteiger partial charge in [-0.3, -0.25) is 9.59 Å². The second-order valence-corrected chi connectivity index (χ2v) is 4.14. The lowest BCUT2D eigenvalue weighted by atomic mass is 10.1. The number of aliphatic hydroxyl groups is 1. The number of ether oxygens (including phenoxy) is 2. The highest BCUT2D eigenvalue weighted by molar-refractivity contribution is 5.76. The molecule has 0 amide bonds. The molecule has 2 N–H and O–H groups in total. The molecule has 1 saturated carbocycles. The molecule has 2 fully saturated rings. The summed E-state index contributed by atoms with van der Waals surface area (Å²) in [4.78, 5) is 21.6. The van der Waals surface area contributed by atoms with Crippen LogP contribution in [0.1, 0.15) is 19.3 Å². The van der Waals surface area contributed by atoms with E-state index in [4.69, 9.17) is 19.7 Å². The van der Waals surface area contributed by atoms with Gasteiger partial charge in [-0.05, 0) is 6.42 Å². The Bertz CT molecular complexity index is 302. The van der Waals surface area contributed by atoms with Gasteiger partial charge in [0.15, 0.2) is 0 Å². The van der Waals surface area contributed by atoms with Crippen molar-refractivity contribution in [3.63, 3.8) is 0 Å². The second-order valence-electron chi connectivity index (χ2n) is 4.14. The zero-order valence-corrected chi connectivity index (χ0v) is 8.67. The van der Waals surface area contributed by atoms with Crippen LogP contribution in [0, 0.1) is 5.92 Å². The van der Waals surface area contributed by atoms with Crippen molar-refractivity contribution >= 4 is 11.9 Å². The van der Waals surface area contributed by atoms with E-state index in [0.29, 0.717) is 0 Å². The quantitative estimate of drug-likeness (QED) is 0.621. The summed E-state index contributed by atoms with van der Waals surface area (Å²) < 4.78 is 10.5. The van der Waals surface area contributed by atoms with Crippen molar-refractivity contribution in [2.75, 3.05) is 6.61 Å². The number of esters is 1. The topological polar surface area (TPSA) is 93.1 Å². The molecule has 4 atom stereocenters. The molecule has 2 rings (SSSR count). The van der Waals surface area contributed by atoms with E-state index < -0.39 is 24.1 Å². The Kier molecular flexibility index (Phi) is 3.11. The Labute approximate surface area is 92.2 Å². The lowest BCUT2D eigenvalue weighted by Gasteiger charge is -2.19. The smallest absolute Gasteiger partial charge is 0.306 e. The number of carboxylic acids is 1. The maximum Gasteiger partial charge on any atom is 0.306 e. The number of carboxylic acid groups (broad SMARTS) is 1. The fourth-order valence-electron chi connectivity index (χ4n) is 2.00. The molecular formula is C10H14O6. The highest BCUT2D eigenvalue weighted by Crippen LogP contribution is 2.47. The van der Waals surface area contributed by atoms with Crippen molar-refractivity contribution in [3.8, 4) is 0 Å². The Balaban J connectivity index is 1.79. The van der Waals surface area contributed by atoms with Gasteiger partial charge in [-0.1, -0.05) is 0 Å². The number of aliphatic hydroxyl groups excluding tert-OH is 1. The molecule has 1 aliphatic carbocycles. The Hall–Kier alpha value is -1.14. The van der Waals surface area contributed by atoms with Crippen LogP contribution in [0.4, 0.5) is 0 Å². The molecule has 90 valence electrons. The Morgan fingerprint density at radius 3 is 2.75 bits per heavy atom. The van der Waals surface area contributed by atoms with Crippen LogP contribution in [0.25, 0.3) is 0 Å². The molecule has 0 spiro atoms. The summed E-state index contributed by atoms with van der Waals surface area (Å²) in [7, 11) is 0. The first-order chi connectivity index (χ1) is 7.61. The SMILES string of the molecule is O=C(O)CCC(=O)OC1C(CO)OC2CC21. The van der Waals surface area contributed by atoms with E-state index in [2.05, 4.69) is 0 Å². The van der Waals surface area contributed by atoms with Crippen LogP contribution < -0.4 is 0 Å². The van der Waals surface area contributed by atoms with Crippen molar-refractivity contribution in [3.05, 3.63) is 0 Å². The van der Waals surface area contributed by atoms with Crippen molar-refractivity contribution in [2.24, 2.45) is 5.92 Å². The van der Waals surface area contributed by atoms with E-state index >= 15 is 0 Å². The number of carbonyl (C=O) groups is 2. The van der Waals surface area contributed by atoms with Gasteiger partial charge in [-0.2, -0.15) is 0 Å². The van der Waals surface area contributed by atoms with E-state index in [1.165, 1.54) is 0 Å². The van der Waals surface area contributed by atoms with Crippen molar-refractivity contribution in [1.29, 1.82) is 0 Å². The summed E-state index contributed by atoms with van der Waals surface area (Å²) >= 11 is 0. The third-order valence-corrected chi connectivity index (χ3v) is 2.91. The van der Waals surface area contributed by atoms with Gasteiger partial charge < -0.3 is 19.7 Å². The summed E-state index contributed by atoms with van der Waals surface area (Å²) in [6, 6.07) is 0. The number of fused-ring (bicyclic) bond motifs is 1. The summed E-state index contributed by atoms with van der Waals surface area (Å²) in [5, 5.41) is 17.4. The van der Waals surface area contributed by atoms with Gasteiger partial charge in [0.05, 0.1) is 25.6 Å². The number of rotatable bonds is 5. The maximum absolute atomic E-state index is 11.3. The van der Waals surface area contributed by atoms with E-state index in [9.17, 15) is 9.59 Å². The zero-order valence-electron chi connectivity index (χ0n) is 8.67. The van der Waals surface area contributed by atoms with E-state index in [-0.39, 0.29) is 31.5 Å². The van der Waals surface area contributed by atoms with Gasteiger partial charge in [0.2, 0.25) is 0 Å². The first-order valence-corrected chi connectivity index (χ1v) is 5.29. The molecule has 0 aromatic rings. The predicted molar refractivity (Wildman–Crippen MR) is 50.6 cm³/mol. The molecule has 1 aliphatic heterocycles. The normalized spacial score (nSPS) is 35.6. The minimum absolute atomic E-state index is 0.106. The molecule has 1 saturated heterocycles. The van der Waals surface area contributed by atoms with Crippen LogP contribution in [0.2, 0.25) is 0 Å². The van der Waals surface area contributed by atoms with Gasteiger partial charge in [-0.15, -0.1) is 0 Å². The second kappa shape index (κ2) is 4.39. The first-order valence-electron chi connectivity index (χ1n) is 5.29. The van der Waals surface area contributed by atoms with E-state index in [1.54, 1.807) is 0 Å². The van der Waals surface area contributed by atoms with Crippen LogP contribution in [-0.4, -0.2) is 47.1 Å². The fourth-order valence-corrected chi connectivity index (χ4v) is 2.00. The minimum Gasteiger partial charge on any atom is -0.481 e. The van der Waals surface area contributed by atoms with Gasteiger partial charge in [0.25, 0.3) is 0 Å². The average Bonchev–Trinajstić information content (AvgIpc) is 2.93. The largest absolute Gasteiger partial charge is 0.481 e. The Morgan fingerprint density at radius 2 is 2.12 bits per heavy atom. The third kappa shape index (κ3) is 2.33. The summed E-state index contributed by atoms with van der Waals surface area (Å²) in [5.41, 5.74) is 0. The molecule has 0 aromatic heterocycles. The minimum atomic E-state index is -1.03. The highest BCUT2D eigenvalue weighted by atomic mass is 16.6. The molecule has 6 nitrogen and oxygen atoms in total. The molecule has 0 radical (unpaired) electrons. The van der Waals surface area contributed by atoms with Crippen LogP contribution in [-0.2, 0) is 19.1 Å². The molecule has 2 aliphatic rings. The standard InChI is InChI=1S/C10H14O6/c11-4-7-10(5-3-6(5)15-7)16-9(14)2-1-8(12)13/h5-7,10-11H,1-4H2,(H,12,13). The van der Waals surface area contributed by atoms with Gasteiger partial charge >= 0.3 is 11.9 Å².